The number of carbonyl (C=O) groups is 2. The van der Waals surface area contributed by atoms with Crippen LogP contribution in [0.2, 0.25) is 10.0 Å². The molecule has 1 aromatic carbocycles. The Hall–Kier alpha value is -1.50. The van der Waals surface area contributed by atoms with Crippen LogP contribution in [0.3, 0.4) is 0 Å². The zero-order valence-electron chi connectivity index (χ0n) is 13.0. The number of nitrogens with one attached hydrogen (secondary N) is 1. The summed E-state index contributed by atoms with van der Waals surface area (Å²) < 4.78 is 5.57. The number of ether oxygens (including phenoxy) is 1. The van der Waals surface area contributed by atoms with Crippen LogP contribution in [0.15, 0.2) is 18.2 Å². The maximum absolute atomic E-state index is 11.2. The molecular weight excluding hydrogens is 343 g/mol. The predicted octanol–water partition coefficient (Wildman–Crippen LogP) is 2.28. The Morgan fingerprint density at radius 2 is 2.04 bits per heavy atom. The zero-order chi connectivity index (χ0) is 17.4. The van der Waals surface area contributed by atoms with Gasteiger partial charge in [0.2, 0.25) is 5.91 Å². The molecule has 0 aliphatic carbocycles. The molecule has 128 valence electrons. The van der Waals surface area contributed by atoms with Crippen molar-refractivity contribution in [1.82, 2.24) is 10.2 Å². The summed E-state index contributed by atoms with van der Waals surface area (Å²) in [6, 6.07) is 4.20. The van der Waals surface area contributed by atoms with Gasteiger partial charge in [-0.2, -0.15) is 0 Å². The van der Waals surface area contributed by atoms with Crippen molar-refractivity contribution in [2.24, 2.45) is 0 Å². The average Bonchev–Trinajstić information content (AvgIpc) is 2.48. The molecule has 1 amide bonds. The number of hydrogen-bond donors (Lipinski definition) is 2. The normalized spacial score (nSPS) is 12.0. The standard InChI is InChI=1S/C15H20Cl2N2O4/c1-10(15(21)22)19(6-5-18-11(2)20)7-8-23-14-9-12(16)3-4-13(14)17/h3-4,9-10H,5-8H2,1-2H3,(H,18,20)(H,21,22). The first kappa shape index (κ1) is 19.5. The van der Waals surface area contributed by atoms with E-state index in [1.165, 1.54) is 6.92 Å². The maximum atomic E-state index is 11.2. The Bertz CT molecular complexity index is 554. The van der Waals surface area contributed by atoms with Crippen LogP contribution in [-0.2, 0) is 9.59 Å². The molecule has 6 nitrogen and oxygen atoms in total. The summed E-state index contributed by atoms with van der Waals surface area (Å²) in [5.74, 6) is -0.646. The van der Waals surface area contributed by atoms with E-state index in [0.717, 1.165) is 0 Å². The van der Waals surface area contributed by atoms with E-state index in [1.807, 2.05) is 0 Å². The molecule has 1 unspecified atom stereocenters. The molecule has 0 fully saturated rings. The number of halogens is 2. The quantitative estimate of drug-likeness (QED) is 0.704. The molecule has 0 aromatic heterocycles. The second kappa shape index (κ2) is 9.60. The van der Waals surface area contributed by atoms with Crippen molar-refractivity contribution in [1.29, 1.82) is 0 Å². The lowest BCUT2D eigenvalue weighted by Crippen LogP contribution is -2.45. The highest BCUT2D eigenvalue weighted by Crippen LogP contribution is 2.27. The lowest BCUT2D eigenvalue weighted by atomic mass is 10.3. The molecule has 2 N–H and O–H groups in total. The van der Waals surface area contributed by atoms with Crippen molar-refractivity contribution < 1.29 is 19.4 Å². The van der Waals surface area contributed by atoms with Gasteiger partial charge in [-0.3, -0.25) is 14.5 Å². The van der Waals surface area contributed by atoms with Gasteiger partial charge in [0.25, 0.3) is 0 Å². The van der Waals surface area contributed by atoms with E-state index in [-0.39, 0.29) is 12.5 Å². The summed E-state index contributed by atoms with van der Waals surface area (Å²) in [4.78, 5) is 23.8. The topological polar surface area (TPSA) is 78.9 Å². The number of rotatable bonds is 9. The molecule has 0 aliphatic heterocycles. The van der Waals surface area contributed by atoms with E-state index in [9.17, 15) is 9.59 Å². The second-order valence-electron chi connectivity index (χ2n) is 4.96. The van der Waals surface area contributed by atoms with Gasteiger partial charge in [0.1, 0.15) is 18.4 Å². The van der Waals surface area contributed by atoms with Gasteiger partial charge in [-0.25, -0.2) is 0 Å². The van der Waals surface area contributed by atoms with E-state index in [2.05, 4.69) is 5.32 Å². The molecule has 1 aromatic rings. The fourth-order valence-electron chi connectivity index (χ4n) is 1.89. The highest BCUT2D eigenvalue weighted by molar-refractivity contribution is 6.34. The van der Waals surface area contributed by atoms with Crippen molar-refractivity contribution in [3.8, 4) is 5.75 Å². The van der Waals surface area contributed by atoms with Crippen LogP contribution in [0.5, 0.6) is 5.75 Å². The lowest BCUT2D eigenvalue weighted by molar-refractivity contribution is -0.142. The van der Waals surface area contributed by atoms with Crippen LogP contribution >= 0.6 is 23.2 Å². The smallest absolute Gasteiger partial charge is 0.320 e. The van der Waals surface area contributed by atoms with Gasteiger partial charge in [-0.1, -0.05) is 23.2 Å². The number of carboxylic acids is 1. The Morgan fingerprint density at radius 1 is 1.35 bits per heavy atom. The minimum absolute atomic E-state index is 0.158. The summed E-state index contributed by atoms with van der Waals surface area (Å²) in [6.07, 6.45) is 0. The number of nitrogens with zero attached hydrogens (tertiary/aromatic N) is 1. The fraction of sp³-hybridized carbons (Fsp3) is 0.467. The molecule has 1 atom stereocenters. The monoisotopic (exact) mass is 362 g/mol. The van der Waals surface area contributed by atoms with Crippen LogP contribution in [0.4, 0.5) is 0 Å². The molecule has 8 heteroatoms. The van der Waals surface area contributed by atoms with Gasteiger partial charge in [0.05, 0.1) is 5.02 Å². The average molecular weight is 363 g/mol. The van der Waals surface area contributed by atoms with E-state index in [1.54, 1.807) is 30.0 Å². The summed E-state index contributed by atoms with van der Waals surface area (Å²) in [5.41, 5.74) is 0. The molecule has 1 rings (SSSR count). The van der Waals surface area contributed by atoms with E-state index in [0.29, 0.717) is 35.4 Å². The van der Waals surface area contributed by atoms with E-state index < -0.39 is 12.0 Å². The first-order chi connectivity index (χ1) is 10.8. The maximum Gasteiger partial charge on any atom is 0.320 e. The highest BCUT2D eigenvalue weighted by Gasteiger charge is 2.20. The van der Waals surface area contributed by atoms with Crippen LogP contribution < -0.4 is 10.1 Å². The largest absolute Gasteiger partial charge is 0.491 e. The summed E-state index contributed by atoms with van der Waals surface area (Å²) in [5, 5.41) is 12.7. The van der Waals surface area contributed by atoms with Crippen molar-refractivity contribution in [2.75, 3.05) is 26.2 Å². The third-order valence-corrected chi connectivity index (χ3v) is 3.75. The Morgan fingerprint density at radius 3 is 2.65 bits per heavy atom. The Kier molecular flexibility index (Phi) is 8.16. The first-order valence-electron chi connectivity index (χ1n) is 7.10. The molecule has 0 saturated heterocycles. The predicted molar refractivity (Wildman–Crippen MR) is 89.3 cm³/mol. The summed E-state index contributed by atoms with van der Waals surface area (Å²) >= 11 is 11.9. The molecule has 0 bridgehead atoms. The van der Waals surface area contributed by atoms with Gasteiger partial charge in [-0.15, -0.1) is 0 Å². The fourth-order valence-corrected chi connectivity index (χ4v) is 2.23. The summed E-state index contributed by atoms with van der Waals surface area (Å²) in [6.45, 7) is 4.38. The number of amides is 1. The summed E-state index contributed by atoms with van der Waals surface area (Å²) in [7, 11) is 0. The lowest BCUT2D eigenvalue weighted by Gasteiger charge is -2.26. The number of hydrogen-bond acceptors (Lipinski definition) is 4. The molecule has 0 aliphatic rings. The van der Waals surface area contributed by atoms with Crippen LogP contribution in [0.25, 0.3) is 0 Å². The number of carboxylic acid groups (broad SMARTS) is 1. The van der Waals surface area contributed by atoms with Crippen molar-refractivity contribution in [2.45, 2.75) is 19.9 Å². The SMILES string of the molecule is CC(=O)NCCN(CCOc1cc(Cl)ccc1Cl)C(C)C(=O)O. The molecule has 0 radical (unpaired) electrons. The second-order valence-corrected chi connectivity index (χ2v) is 5.80. The van der Waals surface area contributed by atoms with Gasteiger partial charge in [0, 0.05) is 37.6 Å². The first-order valence-corrected chi connectivity index (χ1v) is 7.86. The van der Waals surface area contributed by atoms with Gasteiger partial charge < -0.3 is 15.2 Å². The Balaban J connectivity index is 2.57. The molecule has 0 heterocycles. The molecule has 0 spiro atoms. The number of carbonyl (C=O) groups excluding carboxylic acids is 1. The van der Waals surface area contributed by atoms with E-state index >= 15 is 0 Å². The van der Waals surface area contributed by atoms with Gasteiger partial charge in [-0.05, 0) is 19.1 Å². The molecular formula is C15H20Cl2N2O4. The Labute approximate surface area is 145 Å². The van der Waals surface area contributed by atoms with Crippen LogP contribution in [-0.4, -0.2) is 54.2 Å². The third-order valence-electron chi connectivity index (χ3n) is 3.21. The van der Waals surface area contributed by atoms with Crippen LogP contribution in [0, 0.1) is 0 Å². The van der Waals surface area contributed by atoms with Crippen molar-refractivity contribution >= 4 is 35.1 Å². The minimum Gasteiger partial charge on any atom is -0.491 e. The number of aliphatic carboxylic acids is 1. The zero-order valence-corrected chi connectivity index (χ0v) is 14.5. The van der Waals surface area contributed by atoms with Gasteiger partial charge >= 0.3 is 5.97 Å². The molecule has 23 heavy (non-hydrogen) atoms. The van der Waals surface area contributed by atoms with Crippen LogP contribution in [0.1, 0.15) is 13.8 Å². The highest BCUT2D eigenvalue weighted by atomic mass is 35.5. The van der Waals surface area contributed by atoms with Crippen molar-refractivity contribution in [3.05, 3.63) is 28.2 Å². The van der Waals surface area contributed by atoms with E-state index in [4.69, 9.17) is 33.0 Å². The minimum atomic E-state index is -0.936. The number of benzene rings is 1. The van der Waals surface area contributed by atoms with Gasteiger partial charge in [0.15, 0.2) is 0 Å². The van der Waals surface area contributed by atoms with Crippen molar-refractivity contribution in [3.63, 3.8) is 0 Å². The third kappa shape index (κ3) is 7.07. The molecule has 0 saturated carbocycles.